The summed E-state index contributed by atoms with van der Waals surface area (Å²) in [6.45, 7) is 2.49. The third kappa shape index (κ3) is 3.54. The van der Waals surface area contributed by atoms with Crippen LogP contribution in [-0.4, -0.2) is 43.0 Å². The predicted molar refractivity (Wildman–Crippen MR) is 80.0 cm³/mol. The van der Waals surface area contributed by atoms with E-state index in [2.05, 4.69) is 5.32 Å². The number of ether oxygens (including phenoxy) is 1. The first-order valence-corrected chi connectivity index (χ1v) is 7.32. The average Bonchev–Trinajstić information content (AvgIpc) is 2.48. The molecule has 0 saturated carbocycles. The Morgan fingerprint density at radius 3 is 2.71 bits per heavy atom. The Morgan fingerprint density at radius 1 is 1.43 bits per heavy atom. The monoisotopic (exact) mass is 310 g/mol. The lowest BCUT2D eigenvalue weighted by molar-refractivity contribution is -0.162. The molecule has 0 unspecified atom stereocenters. The molecule has 6 heteroatoms. The van der Waals surface area contributed by atoms with Crippen molar-refractivity contribution in [1.82, 2.24) is 10.2 Å². The highest BCUT2D eigenvalue weighted by molar-refractivity contribution is 6.30. The number of hydrogen-bond acceptors (Lipinski definition) is 3. The van der Waals surface area contributed by atoms with Crippen LogP contribution in [0.3, 0.4) is 0 Å². The molecular weight excluding hydrogens is 292 g/mol. The molecule has 1 aromatic carbocycles. The summed E-state index contributed by atoms with van der Waals surface area (Å²) in [6, 6.07) is 6.66. The first-order chi connectivity index (χ1) is 10.0. The topological polar surface area (TPSA) is 58.6 Å². The standard InChI is InChI=1S/C15H19ClN2O3/c1-3-8-17-15(20)14-13(18(2)12(19)9-21-14)10-4-6-11(16)7-5-10/h4-7,13-14H,3,8-9H2,1-2H3,(H,17,20)/t13-,14-/m0/s1. The Kier molecular flexibility index (Phi) is 5.20. The molecule has 1 aliphatic rings. The molecule has 2 rings (SSSR count). The van der Waals surface area contributed by atoms with Gasteiger partial charge in [-0.05, 0) is 24.1 Å². The summed E-state index contributed by atoms with van der Waals surface area (Å²) in [5, 5.41) is 3.43. The SMILES string of the molecule is CCCNC(=O)[C@H]1OCC(=O)N(C)[C@H]1c1ccc(Cl)cc1. The van der Waals surface area contributed by atoms with E-state index < -0.39 is 12.1 Å². The molecule has 0 aromatic heterocycles. The number of nitrogens with one attached hydrogen (secondary N) is 1. The molecule has 0 spiro atoms. The number of amides is 2. The Labute approximate surface area is 129 Å². The van der Waals surface area contributed by atoms with Crippen molar-refractivity contribution in [2.24, 2.45) is 0 Å². The van der Waals surface area contributed by atoms with E-state index in [0.717, 1.165) is 12.0 Å². The van der Waals surface area contributed by atoms with E-state index in [9.17, 15) is 9.59 Å². The van der Waals surface area contributed by atoms with E-state index in [1.165, 1.54) is 0 Å². The molecule has 2 amide bonds. The number of carbonyl (C=O) groups is 2. The van der Waals surface area contributed by atoms with Gasteiger partial charge >= 0.3 is 0 Å². The van der Waals surface area contributed by atoms with E-state index in [0.29, 0.717) is 11.6 Å². The molecule has 114 valence electrons. The molecule has 1 N–H and O–H groups in total. The third-order valence-corrected chi connectivity index (χ3v) is 3.75. The highest BCUT2D eigenvalue weighted by Crippen LogP contribution is 2.29. The molecule has 1 aliphatic heterocycles. The highest BCUT2D eigenvalue weighted by atomic mass is 35.5. The fourth-order valence-electron chi connectivity index (χ4n) is 2.34. The van der Waals surface area contributed by atoms with Crippen molar-refractivity contribution in [3.63, 3.8) is 0 Å². The summed E-state index contributed by atoms with van der Waals surface area (Å²) in [5.74, 6) is -0.342. The molecule has 1 fully saturated rings. The molecule has 0 radical (unpaired) electrons. The summed E-state index contributed by atoms with van der Waals surface area (Å²) in [6.07, 6.45) is 0.138. The Balaban J connectivity index is 2.26. The number of hydrogen-bond donors (Lipinski definition) is 1. The first-order valence-electron chi connectivity index (χ1n) is 6.95. The summed E-state index contributed by atoms with van der Waals surface area (Å²) in [5.41, 5.74) is 0.826. The van der Waals surface area contributed by atoms with Crippen molar-refractivity contribution in [3.05, 3.63) is 34.9 Å². The van der Waals surface area contributed by atoms with E-state index in [1.807, 2.05) is 19.1 Å². The average molecular weight is 311 g/mol. The van der Waals surface area contributed by atoms with Crippen molar-refractivity contribution >= 4 is 23.4 Å². The third-order valence-electron chi connectivity index (χ3n) is 3.50. The molecule has 21 heavy (non-hydrogen) atoms. The van der Waals surface area contributed by atoms with Crippen molar-refractivity contribution in [1.29, 1.82) is 0 Å². The lowest BCUT2D eigenvalue weighted by Gasteiger charge is -2.38. The zero-order valence-electron chi connectivity index (χ0n) is 12.1. The smallest absolute Gasteiger partial charge is 0.251 e. The van der Waals surface area contributed by atoms with E-state index in [4.69, 9.17) is 16.3 Å². The number of likely N-dealkylation sites (N-methyl/N-ethyl adjacent to an activating group) is 1. The van der Waals surface area contributed by atoms with Gasteiger partial charge in [0.15, 0.2) is 6.10 Å². The van der Waals surface area contributed by atoms with Gasteiger partial charge in [0.1, 0.15) is 6.61 Å². The quantitative estimate of drug-likeness (QED) is 0.922. The molecule has 1 saturated heterocycles. The molecule has 1 aromatic rings. The Hall–Kier alpha value is -1.59. The van der Waals surface area contributed by atoms with Gasteiger partial charge in [0, 0.05) is 18.6 Å². The summed E-state index contributed by atoms with van der Waals surface area (Å²) in [7, 11) is 1.68. The number of benzene rings is 1. The normalized spacial score (nSPS) is 22.2. The van der Waals surface area contributed by atoms with Crippen LogP contribution >= 0.6 is 11.6 Å². The van der Waals surface area contributed by atoms with E-state index in [-0.39, 0.29) is 18.4 Å². The van der Waals surface area contributed by atoms with Crippen LogP contribution in [0.25, 0.3) is 0 Å². The summed E-state index contributed by atoms with van der Waals surface area (Å²) in [4.78, 5) is 25.7. The molecule has 1 heterocycles. The minimum Gasteiger partial charge on any atom is -0.356 e. The number of rotatable bonds is 4. The van der Waals surface area contributed by atoms with Crippen LogP contribution in [0.5, 0.6) is 0 Å². The van der Waals surface area contributed by atoms with Gasteiger partial charge in [-0.25, -0.2) is 0 Å². The number of carbonyl (C=O) groups excluding carboxylic acids is 2. The molecule has 0 aliphatic carbocycles. The van der Waals surface area contributed by atoms with Crippen LogP contribution in [0.2, 0.25) is 5.02 Å². The zero-order valence-corrected chi connectivity index (χ0v) is 12.9. The molecule has 5 nitrogen and oxygen atoms in total. The van der Waals surface area contributed by atoms with Crippen LogP contribution in [0.15, 0.2) is 24.3 Å². The van der Waals surface area contributed by atoms with Crippen molar-refractivity contribution < 1.29 is 14.3 Å². The fraction of sp³-hybridized carbons (Fsp3) is 0.467. The molecule has 2 atom stereocenters. The number of halogens is 1. The maximum Gasteiger partial charge on any atom is 0.251 e. The minimum atomic E-state index is -0.708. The van der Waals surface area contributed by atoms with Crippen LogP contribution in [0, 0.1) is 0 Å². The molecular formula is C15H19ClN2O3. The fourth-order valence-corrected chi connectivity index (χ4v) is 2.46. The van der Waals surface area contributed by atoms with Gasteiger partial charge in [-0.1, -0.05) is 30.7 Å². The predicted octanol–water partition coefficient (Wildman–Crippen LogP) is 1.76. The first kappa shape index (κ1) is 15.8. The zero-order chi connectivity index (χ0) is 15.4. The maximum absolute atomic E-state index is 12.3. The second-order valence-corrected chi connectivity index (χ2v) is 5.46. The lowest BCUT2D eigenvalue weighted by Crippen LogP contribution is -2.53. The van der Waals surface area contributed by atoms with Gasteiger partial charge in [-0.15, -0.1) is 0 Å². The summed E-state index contributed by atoms with van der Waals surface area (Å²) < 4.78 is 5.48. The van der Waals surface area contributed by atoms with Crippen molar-refractivity contribution in [2.45, 2.75) is 25.5 Å². The van der Waals surface area contributed by atoms with E-state index >= 15 is 0 Å². The van der Waals surface area contributed by atoms with Crippen molar-refractivity contribution in [3.8, 4) is 0 Å². The number of nitrogens with zero attached hydrogens (tertiary/aromatic N) is 1. The van der Waals surface area contributed by atoms with Gasteiger partial charge in [0.2, 0.25) is 5.91 Å². The van der Waals surface area contributed by atoms with Gasteiger partial charge < -0.3 is 15.0 Å². The van der Waals surface area contributed by atoms with Crippen LogP contribution in [-0.2, 0) is 14.3 Å². The maximum atomic E-state index is 12.3. The Morgan fingerprint density at radius 2 is 2.10 bits per heavy atom. The second kappa shape index (κ2) is 6.91. The second-order valence-electron chi connectivity index (χ2n) is 5.02. The van der Waals surface area contributed by atoms with Gasteiger partial charge in [-0.3, -0.25) is 9.59 Å². The summed E-state index contributed by atoms with van der Waals surface area (Å²) >= 11 is 5.89. The van der Waals surface area contributed by atoms with Gasteiger partial charge in [0.05, 0.1) is 6.04 Å². The number of morpholine rings is 1. The minimum absolute atomic E-state index is 0.0786. The van der Waals surface area contributed by atoms with Crippen LogP contribution < -0.4 is 5.32 Å². The van der Waals surface area contributed by atoms with E-state index in [1.54, 1.807) is 24.1 Å². The molecule has 0 bridgehead atoms. The lowest BCUT2D eigenvalue weighted by atomic mass is 9.97. The van der Waals surface area contributed by atoms with Crippen molar-refractivity contribution in [2.75, 3.05) is 20.2 Å². The van der Waals surface area contributed by atoms with Gasteiger partial charge in [0.25, 0.3) is 5.91 Å². The van der Waals surface area contributed by atoms with Gasteiger partial charge in [-0.2, -0.15) is 0 Å². The van der Waals surface area contributed by atoms with Crippen LogP contribution in [0.1, 0.15) is 24.9 Å². The Bertz CT molecular complexity index is 518. The highest BCUT2D eigenvalue weighted by Gasteiger charge is 2.39. The largest absolute Gasteiger partial charge is 0.356 e. The van der Waals surface area contributed by atoms with Crippen LogP contribution in [0.4, 0.5) is 0 Å².